The number of rotatable bonds is 39. The first-order valence-corrected chi connectivity index (χ1v) is 23.5. The molecule has 0 aromatic rings. The Hall–Kier alpha value is -3.90. The molecule has 0 aliphatic rings. The lowest BCUT2D eigenvalue weighted by molar-refractivity contribution is -0.161. The molecule has 0 aromatic carbocycles. The molecule has 0 rings (SSSR count). The van der Waals surface area contributed by atoms with Crippen molar-refractivity contribution < 1.29 is 52.6 Å². The summed E-state index contributed by atoms with van der Waals surface area (Å²) in [6, 6.07) is -1.55. The van der Waals surface area contributed by atoms with Crippen molar-refractivity contribution in [3.63, 3.8) is 0 Å². The van der Waals surface area contributed by atoms with Crippen LogP contribution in [0.15, 0.2) is 109 Å². The number of carboxylic acids is 1. The Balaban J connectivity index is 4.60. The van der Waals surface area contributed by atoms with Crippen molar-refractivity contribution >= 4 is 25.7 Å². The summed E-state index contributed by atoms with van der Waals surface area (Å²) >= 11 is 0. The molecule has 0 saturated carbocycles. The quantitative estimate of drug-likeness (QED) is 0.0150. The van der Waals surface area contributed by atoms with Crippen LogP contribution in [-0.4, -0.2) is 71.1 Å². The lowest BCUT2D eigenvalue weighted by Gasteiger charge is -2.20. The molecule has 61 heavy (non-hydrogen) atoms. The normalized spacial score (nSPS) is 15.2. The number of esters is 2. The number of unbranched alkanes of at least 4 members (excludes halogenated alkanes) is 7. The molecule has 0 radical (unpaired) electrons. The van der Waals surface area contributed by atoms with E-state index < -0.39 is 63.8 Å². The number of carboxylic acid groups (broad SMARTS) is 1. The second-order valence-electron chi connectivity index (χ2n) is 14.3. The first kappa shape index (κ1) is 57.1. The van der Waals surface area contributed by atoms with Crippen LogP contribution in [0.4, 0.5) is 0 Å². The molecule has 13 heteroatoms. The fourth-order valence-corrected chi connectivity index (χ4v) is 5.90. The van der Waals surface area contributed by atoms with Gasteiger partial charge in [-0.25, -0.2) is 4.57 Å². The molecule has 0 aliphatic carbocycles. The van der Waals surface area contributed by atoms with E-state index in [1.807, 2.05) is 54.7 Å². The van der Waals surface area contributed by atoms with Gasteiger partial charge in [0.1, 0.15) is 12.6 Å². The van der Waals surface area contributed by atoms with Crippen LogP contribution in [0.5, 0.6) is 0 Å². The zero-order valence-corrected chi connectivity index (χ0v) is 37.7. The maximum Gasteiger partial charge on any atom is 0.472 e. The monoisotopic (exact) mass is 874 g/mol. The van der Waals surface area contributed by atoms with Gasteiger partial charge in [-0.2, -0.15) is 0 Å². The van der Waals surface area contributed by atoms with Crippen LogP contribution in [0.25, 0.3) is 0 Å². The average Bonchev–Trinajstić information content (AvgIpc) is 3.23. The van der Waals surface area contributed by atoms with Crippen molar-refractivity contribution in [1.82, 2.24) is 0 Å². The third-order valence-corrected chi connectivity index (χ3v) is 9.55. The molecule has 5 N–H and O–H groups in total. The van der Waals surface area contributed by atoms with Gasteiger partial charge in [0, 0.05) is 12.8 Å². The molecule has 0 aromatic heterocycles. The molecule has 0 bridgehead atoms. The summed E-state index contributed by atoms with van der Waals surface area (Å²) in [4.78, 5) is 46.0. The Kier molecular flexibility index (Phi) is 38.8. The van der Waals surface area contributed by atoms with Gasteiger partial charge in [-0.1, -0.05) is 149 Å². The zero-order chi connectivity index (χ0) is 45.1. The van der Waals surface area contributed by atoms with Crippen LogP contribution < -0.4 is 5.73 Å². The Bertz CT molecular complexity index is 1460. The predicted molar refractivity (Wildman–Crippen MR) is 246 cm³/mol. The van der Waals surface area contributed by atoms with Crippen molar-refractivity contribution in [1.29, 1.82) is 0 Å². The molecule has 0 heterocycles. The summed E-state index contributed by atoms with van der Waals surface area (Å²) in [5.41, 5.74) is 5.32. The van der Waals surface area contributed by atoms with E-state index in [-0.39, 0.29) is 12.8 Å². The lowest BCUT2D eigenvalue weighted by atomic mass is 10.1. The Morgan fingerprint density at radius 2 is 1.15 bits per heavy atom. The minimum absolute atomic E-state index is 0.0613. The molecule has 2 unspecified atom stereocenters. The largest absolute Gasteiger partial charge is 0.480 e. The summed E-state index contributed by atoms with van der Waals surface area (Å²) < 4.78 is 32.6. The second kappa shape index (κ2) is 41.5. The highest BCUT2D eigenvalue weighted by Crippen LogP contribution is 2.43. The first-order chi connectivity index (χ1) is 29.5. The smallest absolute Gasteiger partial charge is 0.472 e. The van der Waals surface area contributed by atoms with Crippen molar-refractivity contribution in [2.75, 3.05) is 19.8 Å². The number of carbonyl (C=O) groups is 3. The van der Waals surface area contributed by atoms with Crippen molar-refractivity contribution in [2.45, 2.75) is 154 Å². The minimum atomic E-state index is -4.76. The molecule has 12 nitrogen and oxygen atoms in total. The topological polar surface area (TPSA) is 192 Å². The summed E-state index contributed by atoms with van der Waals surface area (Å²) in [6.07, 6.45) is 50.5. The van der Waals surface area contributed by atoms with Crippen LogP contribution >= 0.6 is 7.82 Å². The fraction of sp³-hybridized carbons (Fsp3) is 0.562. The highest BCUT2D eigenvalue weighted by molar-refractivity contribution is 7.47. The number of hydrogen-bond acceptors (Lipinski definition) is 10. The highest BCUT2D eigenvalue weighted by atomic mass is 31.2. The number of nitrogens with two attached hydrogens (primary N) is 1. The summed E-state index contributed by atoms with van der Waals surface area (Å²) in [6.45, 7) is 2.46. The number of ether oxygens (including phenoxy) is 2. The number of phosphoric acid groups is 1. The molecule has 0 fully saturated rings. The summed E-state index contributed by atoms with van der Waals surface area (Å²) in [7, 11) is -4.76. The average molecular weight is 874 g/mol. The fourth-order valence-electron chi connectivity index (χ4n) is 5.12. The van der Waals surface area contributed by atoms with Crippen molar-refractivity contribution in [2.24, 2.45) is 5.73 Å². The maximum absolute atomic E-state index is 12.6. The molecule has 0 amide bonds. The predicted octanol–water partition coefficient (Wildman–Crippen LogP) is 10.8. The van der Waals surface area contributed by atoms with Crippen LogP contribution in [0.2, 0.25) is 0 Å². The van der Waals surface area contributed by atoms with Crippen LogP contribution in [0.3, 0.4) is 0 Å². The molecular weight excluding hydrogens is 797 g/mol. The van der Waals surface area contributed by atoms with E-state index in [1.165, 1.54) is 19.3 Å². The van der Waals surface area contributed by atoms with Crippen LogP contribution in [-0.2, 0) is 37.5 Å². The second-order valence-corrected chi connectivity index (χ2v) is 15.7. The minimum Gasteiger partial charge on any atom is -0.480 e. The van der Waals surface area contributed by atoms with Gasteiger partial charge in [0.25, 0.3) is 0 Å². The summed E-state index contributed by atoms with van der Waals surface area (Å²) in [5.74, 6) is -2.57. The van der Waals surface area contributed by atoms with Gasteiger partial charge in [-0.3, -0.25) is 23.4 Å². The number of aliphatic hydroxyl groups is 1. The number of phosphoric ester groups is 1. The zero-order valence-electron chi connectivity index (χ0n) is 36.8. The SMILES string of the molecule is CC/C=C\C/C=C\CC(O)/C=C/C=C\C/C=C\C/C=C\CCC(=O)OC[C@H](COP(=O)(O)OC[C@H](N)C(=O)O)OC(=O)CCCCCC/C=C\C/C=C\C/C=C\CCCCC. The van der Waals surface area contributed by atoms with E-state index in [0.29, 0.717) is 25.7 Å². The first-order valence-electron chi connectivity index (χ1n) is 22.0. The van der Waals surface area contributed by atoms with Crippen molar-refractivity contribution in [3.05, 3.63) is 109 Å². The van der Waals surface area contributed by atoms with Gasteiger partial charge in [-0.15, -0.1) is 0 Å². The van der Waals surface area contributed by atoms with Gasteiger partial charge < -0.3 is 30.3 Å². The Labute approximate surface area is 366 Å². The van der Waals surface area contributed by atoms with Gasteiger partial charge in [0.05, 0.1) is 19.3 Å². The number of hydrogen-bond donors (Lipinski definition) is 4. The number of aliphatic carboxylic acids is 1. The van der Waals surface area contributed by atoms with Gasteiger partial charge >= 0.3 is 25.7 Å². The third kappa shape index (κ3) is 41.2. The van der Waals surface area contributed by atoms with E-state index in [9.17, 15) is 28.9 Å². The van der Waals surface area contributed by atoms with E-state index in [2.05, 4.69) is 67.0 Å². The number of allylic oxidation sites excluding steroid dienone is 16. The summed E-state index contributed by atoms with van der Waals surface area (Å²) in [5, 5.41) is 18.9. The number of carbonyl (C=O) groups excluding carboxylic acids is 2. The Morgan fingerprint density at radius 3 is 1.77 bits per heavy atom. The van der Waals surface area contributed by atoms with E-state index >= 15 is 0 Å². The lowest BCUT2D eigenvalue weighted by Crippen LogP contribution is -2.34. The highest BCUT2D eigenvalue weighted by Gasteiger charge is 2.28. The van der Waals surface area contributed by atoms with Crippen molar-refractivity contribution in [3.8, 4) is 0 Å². The Morgan fingerprint density at radius 1 is 0.607 bits per heavy atom. The standard InChI is InChI=1S/C48H76NO11P/c1-3-5-7-9-11-12-13-14-15-16-17-18-19-24-27-31-35-39-47(52)60-44(41-58-61(55,56)59-42-45(49)48(53)54)40-57-46(51)38-34-30-26-23-21-20-22-25-29-33-37-43(50)36-32-28-10-8-6-4-2/h6,8,11-12,14-15,17-18,20-21,25-26,28-30,32-33,37,43-45,50H,3-5,7,9-10,13,16,19,22-24,27,31,34-36,38-42,49H2,1-2H3,(H,53,54)(H,55,56)/b8-6-,12-11-,15-14-,18-17-,21-20-,29-25-,30-26-,32-28-,37-33+/t43?,44-,45+/m1/s1. The molecule has 4 atom stereocenters. The van der Waals surface area contributed by atoms with E-state index in [4.69, 9.17) is 24.8 Å². The van der Waals surface area contributed by atoms with E-state index in [0.717, 1.165) is 64.2 Å². The van der Waals surface area contributed by atoms with Crippen LogP contribution in [0.1, 0.15) is 136 Å². The molecule has 0 saturated heterocycles. The molecule has 0 aliphatic heterocycles. The van der Waals surface area contributed by atoms with Crippen LogP contribution in [0, 0.1) is 0 Å². The van der Waals surface area contributed by atoms with E-state index in [1.54, 1.807) is 6.08 Å². The molecule has 344 valence electrons. The molecule has 0 spiro atoms. The van der Waals surface area contributed by atoms with Gasteiger partial charge in [0.2, 0.25) is 0 Å². The number of aliphatic hydroxyl groups excluding tert-OH is 1. The van der Waals surface area contributed by atoms with Gasteiger partial charge in [-0.05, 0) is 83.5 Å². The maximum atomic E-state index is 12.6. The van der Waals surface area contributed by atoms with Gasteiger partial charge in [0.15, 0.2) is 6.10 Å². The third-order valence-electron chi connectivity index (χ3n) is 8.60. The molecular formula is C48H76NO11P.